The second kappa shape index (κ2) is 7.55. The van der Waals surface area contributed by atoms with Gasteiger partial charge >= 0.3 is 0 Å². The Labute approximate surface area is 159 Å². The molecule has 27 heavy (non-hydrogen) atoms. The minimum absolute atomic E-state index is 0.0490. The topological polar surface area (TPSA) is 62.1 Å². The van der Waals surface area contributed by atoms with Gasteiger partial charge in [0.15, 0.2) is 0 Å². The van der Waals surface area contributed by atoms with E-state index in [9.17, 15) is 9.90 Å². The number of aromatic nitrogens is 1. The van der Waals surface area contributed by atoms with Crippen LogP contribution in [0.3, 0.4) is 0 Å². The number of carbonyl (C=O) groups excluding carboxylic acids is 1. The van der Waals surface area contributed by atoms with Gasteiger partial charge in [0.2, 0.25) is 0 Å². The van der Waals surface area contributed by atoms with E-state index in [1.165, 1.54) is 5.56 Å². The van der Waals surface area contributed by atoms with Gasteiger partial charge in [-0.15, -0.1) is 0 Å². The third-order valence-electron chi connectivity index (χ3n) is 5.38. The Hall–Kier alpha value is -2.63. The quantitative estimate of drug-likeness (QED) is 0.694. The summed E-state index contributed by atoms with van der Waals surface area (Å²) in [6.07, 6.45) is 0.343. The Balaban J connectivity index is 1.54. The Morgan fingerprint density at radius 1 is 1.11 bits per heavy atom. The van der Waals surface area contributed by atoms with E-state index in [0.717, 1.165) is 41.7 Å². The molecule has 4 rings (SSSR count). The number of aliphatic hydroxyl groups is 1. The van der Waals surface area contributed by atoms with Crippen molar-refractivity contribution in [1.29, 1.82) is 0 Å². The van der Waals surface area contributed by atoms with E-state index in [2.05, 4.69) is 23.5 Å². The fourth-order valence-corrected chi connectivity index (χ4v) is 3.97. The highest BCUT2D eigenvalue weighted by Crippen LogP contribution is 2.30. The van der Waals surface area contributed by atoms with E-state index in [-0.39, 0.29) is 5.91 Å². The number of hydrogen-bond donors (Lipinski definition) is 2. The number of nitrogens with zero attached hydrogens (tertiary/aromatic N) is 2. The molecule has 0 bridgehead atoms. The fourth-order valence-electron chi connectivity index (χ4n) is 3.97. The number of para-hydroxylation sites is 1. The highest BCUT2D eigenvalue weighted by Gasteiger charge is 2.29. The molecule has 1 aliphatic heterocycles. The number of aliphatic hydroxyl groups excluding tert-OH is 1. The molecular weight excluding hydrogens is 338 g/mol. The van der Waals surface area contributed by atoms with Crippen LogP contribution in [0.2, 0.25) is 0 Å². The summed E-state index contributed by atoms with van der Waals surface area (Å²) < 4.78 is 2.02. The highest BCUT2D eigenvalue weighted by molar-refractivity contribution is 6.02. The maximum absolute atomic E-state index is 12.8. The molecule has 1 amide bonds. The molecule has 1 aromatic heterocycles. The van der Waals surface area contributed by atoms with Crippen molar-refractivity contribution in [2.75, 3.05) is 20.1 Å². The summed E-state index contributed by atoms with van der Waals surface area (Å²) in [6.45, 7) is 2.61. The summed E-state index contributed by atoms with van der Waals surface area (Å²) in [5, 5.41) is 13.9. The van der Waals surface area contributed by atoms with Gasteiger partial charge in [-0.3, -0.25) is 4.79 Å². The predicted molar refractivity (Wildman–Crippen MR) is 106 cm³/mol. The van der Waals surface area contributed by atoms with Crippen LogP contribution in [0.25, 0.3) is 10.9 Å². The van der Waals surface area contributed by atoms with Crippen molar-refractivity contribution in [3.63, 3.8) is 0 Å². The van der Waals surface area contributed by atoms with Crippen LogP contribution in [0.4, 0.5) is 0 Å². The van der Waals surface area contributed by atoms with Crippen molar-refractivity contribution in [3.05, 3.63) is 71.4 Å². The number of hydrogen-bond acceptors (Lipinski definition) is 2. The van der Waals surface area contributed by atoms with Crippen molar-refractivity contribution in [2.45, 2.75) is 25.6 Å². The fraction of sp³-hybridized carbons (Fsp3) is 0.318. The van der Waals surface area contributed by atoms with Crippen LogP contribution < -0.4 is 5.32 Å². The molecule has 1 atom stereocenters. The molecule has 2 heterocycles. The van der Waals surface area contributed by atoms with Crippen LogP contribution >= 0.6 is 0 Å². The van der Waals surface area contributed by atoms with Gasteiger partial charge < -0.3 is 19.9 Å². The summed E-state index contributed by atoms with van der Waals surface area (Å²) in [5.41, 5.74) is 4.14. The average Bonchev–Trinajstić information content (AvgIpc) is 3.00. The lowest BCUT2D eigenvalue weighted by molar-refractivity contribution is -0.676. The molecule has 1 aliphatic rings. The maximum Gasteiger partial charge on any atom is 0.270 e. The standard InChI is InChI=1S/C22H25N3O2/c1-24-12-11-19-18-9-5-6-10-20(18)25(21(19)22(24)27)15-17(26)14-23-13-16-7-3-2-4-8-16/h2-10,17,23,26H,11-15H2,1H3/p+1/t17-/m1/s1. The normalized spacial score (nSPS) is 15.2. The number of quaternary nitrogens is 1. The van der Waals surface area contributed by atoms with Crippen LogP contribution in [-0.2, 0) is 19.5 Å². The van der Waals surface area contributed by atoms with E-state index in [0.29, 0.717) is 13.1 Å². The zero-order chi connectivity index (χ0) is 18.8. The molecule has 0 fully saturated rings. The molecule has 3 N–H and O–H groups in total. The summed E-state index contributed by atoms with van der Waals surface area (Å²) >= 11 is 0. The minimum Gasteiger partial charge on any atom is -0.385 e. The van der Waals surface area contributed by atoms with Gasteiger partial charge in [-0.25, -0.2) is 0 Å². The van der Waals surface area contributed by atoms with Crippen LogP contribution in [0.15, 0.2) is 54.6 Å². The Kier molecular flexibility index (Phi) is 4.97. The number of likely N-dealkylation sites (N-methyl/N-ethyl adjacent to an activating group) is 1. The number of fused-ring (bicyclic) bond motifs is 3. The third-order valence-corrected chi connectivity index (χ3v) is 5.38. The molecule has 3 aromatic rings. The number of benzene rings is 2. The van der Waals surface area contributed by atoms with Gasteiger partial charge in [0, 0.05) is 30.1 Å². The van der Waals surface area contributed by atoms with Crippen molar-refractivity contribution < 1.29 is 15.2 Å². The molecular formula is C22H26N3O2+. The van der Waals surface area contributed by atoms with E-state index >= 15 is 0 Å². The smallest absolute Gasteiger partial charge is 0.270 e. The second-order valence-corrected chi connectivity index (χ2v) is 7.30. The van der Waals surface area contributed by atoms with Gasteiger partial charge in [0.05, 0.1) is 6.54 Å². The first-order valence-corrected chi connectivity index (χ1v) is 9.54. The number of rotatable bonds is 6. The van der Waals surface area contributed by atoms with Crippen molar-refractivity contribution in [3.8, 4) is 0 Å². The van der Waals surface area contributed by atoms with Gasteiger partial charge in [-0.1, -0.05) is 48.5 Å². The Morgan fingerprint density at radius 2 is 1.85 bits per heavy atom. The lowest BCUT2D eigenvalue weighted by Gasteiger charge is -2.25. The lowest BCUT2D eigenvalue weighted by atomic mass is 10.0. The highest BCUT2D eigenvalue weighted by atomic mass is 16.3. The first-order chi connectivity index (χ1) is 13.1. The van der Waals surface area contributed by atoms with Crippen LogP contribution in [0, 0.1) is 0 Å². The monoisotopic (exact) mass is 364 g/mol. The van der Waals surface area contributed by atoms with Gasteiger partial charge in [-0.2, -0.15) is 0 Å². The summed E-state index contributed by atoms with van der Waals surface area (Å²) in [4.78, 5) is 14.6. The molecule has 5 heteroatoms. The van der Waals surface area contributed by atoms with Crippen LogP contribution in [0.5, 0.6) is 0 Å². The van der Waals surface area contributed by atoms with Crippen LogP contribution in [-0.4, -0.2) is 46.7 Å². The average molecular weight is 364 g/mol. The zero-order valence-corrected chi connectivity index (χ0v) is 15.6. The molecule has 0 aliphatic carbocycles. The molecule has 0 spiro atoms. The van der Waals surface area contributed by atoms with Crippen molar-refractivity contribution >= 4 is 16.8 Å². The number of carbonyl (C=O) groups is 1. The summed E-state index contributed by atoms with van der Waals surface area (Å²) in [7, 11) is 1.84. The van der Waals surface area contributed by atoms with Crippen molar-refractivity contribution in [1.82, 2.24) is 9.47 Å². The van der Waals surface area contributed by atoms with E-state index in [1.807, 2.05) is 48.0 Å². The van der Waals surface area contributed by atoms with Gasteiger partial charge in [0.1, 0.15) is 24.9 Å². The first-order valence-electron chi connectivity index (χ1n) is 9.54. The second-order valence-electron chi connectivity index (χ2n) is 7.30. The molecule has 0 saturated heterocycles. The molecule has 140 valence electrons. The van der Waals surface area contributed by atoms with Gasteiger partial charge in [0.25, 0.3) is 5.91 Å². The maximum atomic E-state index is 12.8. The molecule has 0 radical (unpaired) electrons. The van der Waals surface area contributed by atoms with Crippen LogP contribution in [0.1, 0.15) is 21.6 Å². The van der Waals surface area contributed by atoms with E-state index < -0.39 is 6.10 Å². The molecule has 5 nitrogen and oxygen atoms in total. The largest absolute Gasteiger partial charge is 0.385 e. The first kappa shape index (κ1) is 17.8. The van der Waals surface area contributed by atoms with Crippen molar-refractivity contribution in [2.24, 2.45) is 0 Å². The summed E-state index contributed by atoms with van der Waals surface area (Å²) in [6, 6.07) is 18.4. The van der Waals surface area contributed by atoms with Gasteiger partial charge in [-0.05, 0) is 18.1 Å². The molecule has 0 saturated carbocycles. The number of amides is 1. The molecule has 0 unspecified atom stereocenters. The molecule has 2 aromatic carbocycles. The summed E-state index contributed by atoms with van der Waals surface area (Å²) in [5.74, 6) is 0.0490. The third kappa shape index (κ3) is 3.48. The SMILES string of the molecule is CN1CCc2c(n(C[C@H](O)C[NH2+]Cc3ccccc3)c3ccccc23)C1=O. The van der Waals surface area contributed by atoms with E-state index in [4.69, 9.17) is 0 Å². The predicted octanol–water partition coefficient (Wildman–Crippen LogP) is 1.39. The minimum atomic E-state index is -0.520. The lowest BCUT2D eigenvalue weighted by Crippen LogP contribution is -2.85. The Bertz CT molecular complexity index is 949. The van der Waals surface area contributed by atoms with E-state index in [1.54, 1.807) is 4.90 Å². The zero-order valence-electron chi connectivity index (χ0n) is 15.6. The number of nitrogens with two attached hydrogens (primary N) is 1. The Morgan fingerprint density at radius 3 is 2.67 bits per heavy atom.